The van der Waals surface area contributed by atoms with Crippen LogP contribution in [0.2, 0.25) is 0 Å². The fourth-order valence-corrected chi connectivity index (χ4v) is 2.85. The molecule has 1 aliphatic rings. The van der Waals surface area contributed by atoms with Crippen molar-refractivity contribution in [3.63, 3.8) is 0 Å². The minimum absolute atomic E-state index is 0.112. The van der Waals surface area contributed by atoms with Crippen LogP contribution in [0.5, 0.6) is 0 Å². The van der Waals surface area contributed by atoms with E-state index < -0.39 is 0 Å². The van der Waals surface area contributed by atoms with Crippen LogP contribution in [0, 0.1) is 6.92 Å². The fourth-order valence-electron chi connectivity index (χ4n) is 2.85. The van der Waals surface area contributed by atoms with E-state index in [0.29, 0.717) is 11.9 Å². The molecular weight excluding hydrogens is 302 g/mol. The van der Waals surface area contributed by atoms with Crippen molar-refractivity contribution in [3.8, 4) is 0 Å². The van der Waals surface area contributed by atoms with Gasteiger partial charge in [-0.3, -0.25) is 0 Å². The molecule has 1 aliphatic carbocycles. The number of anilines is 1. The molecule has 0 bridgehead atoms. The highest BCUT2D eigenvalue weighted by molar-refractivity contribution is 5.29. The molecule has 0 radical (unpaired) electrons. The normalized spacial score (nSPS) is 15.4. The van der Waals surface area contributed by atoms with E-state index in [1.165, 1.54) is 5.56 Å². The van der Waals surface area contributed by atoms with E-state index in [1.54, 1.807) is 0 Å². The lowest BCUT2D eigenvalue weighted by molar-refractivity contribution is 0.491. The number of hydrogen-bond donors (Lipinski definition) is 1. The molecule has 24 heavy (non-hydrogen) atoms. The Morgan fingerprint density at radius 2 is 2.08 bits per heavy atom. The van der Waals surface area contributed by atoms with Gasteiger partial charge in [0.2, 0.25) is 5.89 Å². The Bertz CT molecular complexity index is 791. The SMILES string of the molecule is Cc1nccn1CC[C@H](Nc1nnc(C2CC2)o1)c1ccccc1. The molecule has 6 nitrogen and oxygen atoms in total. The average molecular weight is 323 g/mol. The van der Waals surface area contributed by atoms with Crippen molar-refractivity contribution in [2.24, 2.45) is 0 Å². The fraction of sp³-hybridized carbons (Fsp3) is 0.389. The Hall–Kier alpha value is -2.63. The molecular formula is C18H21N5O. The van der Waals surface area contributed by atoms with Crippen molar-refractivity contribution in [2.75, 3.05) is 5.32 Å². The van der Waals surface area contributed by atoms with Crippen LogP contribution < -0.4 is 5.32 Å². The lowest BCUT2D eigenvalue weighted by Gasteiger charge is -2.18. The Labute approximate surface area is 140 Å². The van der Waals surface area contributed by atoms with Crippen molar-refractivity contribution in [1.29, 1.82) is 0 Å². The monoisotopic (exact) mass is 323 g/mol. The van der Waals surface area contributed by atoms with Crippen LogP contribution >= 0.6 is 0 Å². The molecule has 6 heteroatoms. The number of rotatable bonds is 7. The summed E-state index contributed by atoms with van der Waals surface area (Å²) in [5, 5.41) is 11.7. The quantitative estimate of drug-likeness (QED) is 0.718. The third-order valence-electron chi connectivity index (χ3n) is 4.45. The molecule has 2 heterocycles. The van der Waals surface area contributed by atoms with Gasteiger partial charge >= 0.3 is 6.01 Å². The van der Waals surface area contributed by atoms with E-state index in [-0.39, 0.29) is 6.04 Å². The minimum atomic E-state index is 0.112. The van der Waals surface area contributed by atoms with Crippen LogP contribution in [-0.4, -0.2) is 19.7 Å². The summed E-state index contributed by atoms with van der Waals surface area (Å²) in [5.74, 6) is 2.25. The summed E-state index contributed by atoms with van der Waals surface area (Å²) in [6.45, 7) is 2.90. The summed E-state index contributed by atoms with van der Waals surface area (Å²) in [6, 6.07) is 11.0. The number of imidazole rings is 1. The number of benzene rings is 1. The first kappa shape index (κ1) is 14.9. The Kier molecular flexibility index (Phi) is 4.02. The van der Waals surface area contributed by atoms with E-state index in [9.17, 15) is 0 Å². The molecule has 0 spiro atoms. The van der Waals surface area contributed by atoms with Crippen LogP contribution in [0.3, 0.4) is 0 Å². The zero-order valence-corrected chi connectivity index (χ0v) is 13.7. The van der Waals surface area contributed by atoms with Crippen LogP contribution in [0.4, 0.5) is 6.01 Å². The standard InChI is InChI=1S/C18H21N5O/c1-13-19-10-12-23(13)11-9-16(14-5-3-2-4-6-14)20-18-22-21-17(24-18)15-7-8-15/h2-6,10,12,15-16H,7-9,11H2,1H3,(H,20,22)/t16-/m0/s1. The molecule has 1 N–H and O–H groups in total. The molecule has 0 unspecified atom stereocenters. The maximum absolute atomic E-state index is 5.77. The summed E-state index contributed by atoms with van der Waals surface area (Å²) in [6.07, 6.45) is 7.06. The number of aromatic nitrogens is 4. The first-order valence-electron chi connectivity index (χ1n) is 8.42. The zero-order valence-electron chi connectivity index (χ0n) is 13.7. The summed E-state index contributed by atoms with van der Waals surface area (Å²) >= 11 is 0. The van der Waals surface area contributed by atoms with Gasteiger partial charge in [0.05, 0.1) is 6.04 Å². The third-order valence-corrected chi connectivity index (χ3v) is 4.45. The molecule has 1 saturated carbocycles. The second kappa shape index (κ2) is 6.47. The Morgan fingerprint density at radius 3 is 2.79 bits per heavy atom. The molecule has 1 aromatic carbocycles. The minimum Gasteiger partial charge on any atom is -0.408 e. The summed E-state index contributed by atoms with van der Waals surface area (Å²) in [4.78, 5) is 4.28. The van der Waals surface area contributed by atoms with Gasteiger partial charge in [-0.2, -0.15) is 0 Å². The van der Waals surface area contributed by atoms with Gasteiger partial charge in [-0.1, -0.05) is 35.4 Å². The molecule has 3 aromatic rings. The molecule has 4 rings (SSSR count). The highest BCUT2D eigenvalue weighted by atomic mass is 16.4. The smallest absolute Gasteiger partial charge is 0.315 e. The van der Waals surface area contributed by atoms with Gasteiger partial charge in [-0.25, -0.2) is 4.98 Å². The molecule has 0 amide bonds. The molecule has 0 saturated heterocycles. The predicted octanol–water partition coefficient (Wildman–Crippen LogP) is 3.70. The van der Waals surface area contributed by atoms with Crippen LogP contribution in [-0.2, 0) is 6.54 Å². The lowest BCUT2D eigenvalue weighted by atomic mass is 10.0. The summed E-state index contributed by atoms with van der Waals surface area (Å²) in [7, 11) is 0. The third kappa shape index (κ3) is 3.32. The molecule has 124 valence electrons. The summed E-state index contributed by atoms with van der Waals surface area (Å²) < 4.78 is 7.92. The van der Waals surface area contributed by atoms with Gasteiger partial charge < -0.3 is 14.3 Å². The predicted molar refractivity (Wildman–Crippen MR) is 90.7 cm³/mol. The Morgan fingerprint density at radius 1 is 1.25 bits per heavy atom. The number of hydrogen-bond acceptors (Lipinski definition) is 5. The van der Waals surface area contributed by atoms with Crippen LogP contribution in [0.1, 0.15) is 48.5 Å². The van der Waals surface area contributed by atoms with Crippen molar-refractivity contribution < 1.29 is 4.42 Å². The molecule has 0 aliphatic heterocycles. The molecule has 1 atom stereocenters. The van der Waals surface area contributed by atoms with Gasteiger partial charge in [0.25, 0.3) is 0 Å². The van der Waals surface area contributed by atoms with Gasteiger partial charge in [-0.15, -0.1) is 5.10 Å². The second-order valence-electron chi connectivity index (χ2n) is 6.28. The maximum atomic E-state index is 5.77. The van der Waals surface area contributed by atoms with Gasteiger partial charge in [-0.05, 0) is 31.7 Å². The van der Waals surface area contributed by atoms with Gasteiger partial charge in [0, 0.05) is 24.9 Å². The van der Waals surface area contributed by atoms with Crippen molar-refractivity contribution in [2.45, 2.75) is 44.7 Å². The van der Waals surface area contributed by atoms with Crippen molar-refractivity contribution >= 4 is 6.01 Å². The second-order valence-corrected chi connectivity index (χ2v) is 6.28. The van der Waals surface area contributed by atoms with E-state index >= 15 is 0 Å². The number of aryl methyl sites for hydroxylation is 2. The molecule has 2 aromatic heterocycles. The highest BCUT2D eigenvalue weighted by Crippen LogP contribution is 2.39. The topological polar surface area (TPSA) is 68.8 Å². The first-order valence-corrected chi connectivity index (χ1v) is 8.42. The zero-order chi connectivity index (χ0) is 16.4. The van der Waals surface area contributed by atoms with Gasteiger partial charge in [0.1, 0.15) is 5.82 Å². The van der Waals surface area contributed by atoms with E-state index in [2.05, 4.69) is 49.3 Å². The number of nitrogens with one attached hydrogen (secondary N) is 1. The first-order chi connectivity index (χ1) is 11.8. The van der Waals surface area contributed by atoms with Crippen LogP contribution in [0.15, 0.2) is 47.1 Å². The molecule has 1 fully saturated rings. The lowest BCUT2D eigenvalue weighted by Crippen LogP contribution is -2.14. The van der Waals surface area contributed by atoms with Crippen molar-refractivity contribution in [3.05, 3.63) is 60.0 Å². The van der Waals surface area contributed by atoms with E-state index in [0.717, 1.165) is 37.5 Å². The Balaban J connectivity index is 1.49. The highest BCUT2D eigenvalue weighted by Gasteiger charge is 2.29. The van der Waals surface area contributed by atoms with E-state index in [1.807, 2.05) is 25.4 Å². The largest absolute Gasteiger partial charge is 0.408 e. The van der Waals surface area contributed by atoms with Gasteiger partial charge in [0.15, 0.2) is 0 Å². The summed E-state index contributed by atoms with van der Waals surface area (Å²) in [5.41, 5.74) is 1.21. The number of nitrogens with zero attached hydrogens (tertiary/aromatic N) is 4. The average Bonchev–Trinajstić information content (AvgIpc) is 3.22. The van der Waals surface area contributed by atoms with E-state index in [4.69, 9.17) is 4.42 Å². The van der Waals surface area contributed by atoms with Crippen LogP contribution in [0.25, 0.3) is 0 Å². The van der Waals surface area contributed by atoms with Crippen molar-refractivity contribution in [1.82, 2.24) is 19.7 Å². The maximum Gasteiger partial charge on any atom is 0.315 e.